The number of aromatic hydroxyl groups is 2. The number of aliphatic hydroxyl groups excluding tert-OH is 1. The second kappa shape index (κ2) is 13.5. The van der Waals surface area contributed by atoms with Gasteiger partial charge in [0.2, 0.25) is 0 Å². The molecule has 0 aliphatic heterocycles. The van der Waals surface area contributed by atoms with Crippen molar-refractivity contribution in [2.75, 3.05) is 13.1 Å². The van der Waals surface area contributed by atoms with Crippen LogP contribution in [0, 0.1) is 0 Å². The molecule has 4 aromatic rings. The highest BCUT2D eigenvalue weighted by Gasteiger charge is 2.15. The first-order valence-electron chi connectivity index (χ1n) is 10.8. The van der Waals surface area contributed by atoms with Gasteiger partial charge in [-0.05, 0) is 36.2 Å². The number of benzene rings is 3. The number of phenols is 2. The minimum Gasteiger partial charge on any atom is -0.508 e. The number of rotatable bonds is 10. The summed E-state index contributed by atoms with van der Waals surface area (Å²) in [4.78, 5) is 14.0. The van der Waals surface area contributed by atoms with Crippen LogP contribution in [-0.4, -0.2) is 33.4 Å². The fraction of sp³-hybridized carbons (Fsp3) is 0.240. The van der Waals surface area contributed by atoms with Crippen molar-refractivity contribution in [3.63, 3.8) is 0 Å². The maximum absolute atomic E-state index is 11.7. The third-order valence-corrected chi connectivity index (χ3v) is 6.43. The Morgan fingerprint density at radius 2 is 1.66 bits per heavy atom. The van der Waals surface area contributed by atoms with E-state index in [9.17, 15) is 20.1 Å². The average molecular weight is 538 g/mol. The van der Waals surface area contributed by atoms with Crippen LogP contribution in [0.3, 0.4) is 0 Å². The summed E-state index contributed by atoms with van der Waals surface area (Å²) < 4.78 is 0.582. The lowest BCUT2D eigenvalue weighted by atomic mass is 10.1. The molecule has 0 aliphatic rings. The van der Waals surface area contributed by atoms with Gasteiger partial charge >= 0.3 is 4.87 Å². The largest absolute Gasteiger partial charge is 0.508 e. The van der Waals surface area contributed by atoms with Crippen molar-refractivity contribution < 1.29 is 15.3 Å². The predicted molar refractivity (Wildman–Crippen MR) is 145 cm³/mol. The number of phenolic OH excluding ortho intramolecular Hbond substituents is 2. The van der Waals surface area contributed by atoms with Gasteiger partial charge in [-0.1, -0.05) is 59.9 Å². The SMILES string of the molecule is Cl.Cl.O=c1[nH]c2c(O)ccc(C(O)CNCCc3cccc(CNCc4ccccc4O)c3)c2s1. The van der Waals surface area contributed by atoms with Crippen LogP contribution >= 0.6 is 36.2 Å². The van der Waals surface area contributed by atoms with Crippen LogP contribution in [0.4, 0.5) is 0 Å². The van der Waals surface area contributed by atoms with E-state index < -0.39 is 6.10 Å². The van der Waals surface area contributed by atoms with Gasteiger partial charge in [-0.2, -0.15) is 0 Å². The van der Waals surface area contributed by atoms with Crippen LogP contribution < -0.4 is 15.5 Å². The van der Waals surface area contributed by atoms with Crippen LogP contribution in [-0.2, 0) is 19.5 Å². The van der Waals surface area contributed by atoms with Gasteiger partial charge < -0.3 is 30.9 Å². The number of thiazole rings is 1. The number of halogens is 2. The molecule has 1 unspecified atom stereocenters. The molecule has 188 valence electrons. The number of aromatic nitrogens is 1. The molecular weight excluding hydrogens is 509 g/mol. The average Bonchev–Trinajstić information content (AvgIpc) is 3.21. The van der Waals surface area contributed by atoms with Gasteiger partial charge in [0.25, 0.3) is 0 Å². The van der Waals surface area contributed by atoms with E-state index in [0.29, 0.717) is 47.7 Å². The first-order valence-corrected chi connectivity index (χ1v) is 11.6. The quantitative estimate of drug-likeness (QED) is 0.170. The number of fused-ring (bicyclic) bond motifs is 1. The number of para-hydroxylation sites is 1. The molecule has 0 bridgehead atoms. The van der Waals surface area contributed by atoms with E-state index in [1.807, 2.05) is 24.3 Å². The second-order valence-electron chi connectivity index (χ2n) is 7.91. The van der Waals surface area contributed by atoms with Crippen LogP contribution in [0.25, 0.3) is 10.2 Å². The predicted octanol–water partition coefficient (Wildman–Crippen LogP) is 4.00. The number of nitrogens with one attached hydrogen (secondary N) is 3. The van der Waals surface area contributed by atoms with Crippen LogP contribution in [0.1, 0.15) is 28.4 Å². The van der Waals surface area contributed by atoms with Crippen molar-refractivity contribution in [1.29, 1.82) is 0 Å². The lowest BCUT2D eigenvalue weighted by Gasteiger charge is -2.14. The number of hydrogen-bond donors (Lipinski definition) is 6. The fourth-order valence-electron chi connectivity index (χ4n) is 3.78. The molecular formula is C25H29Cl2N3O4S. The molecule has 1 heterocycles. The molecule has 10 heteroatoms. The van der Waals surface area contributed by atoms with Gasteiger partial charge in [0.15, 0.2) is 0 Å². The molecule has 0 fully saturated rings. The second-order valence-corrected chi connectivity index (χ2v) is 8.90. The molecule has 0 saturated carbocycles. The molecule has 1 aromatic heterocycles. The Morgan fingerprint density at radius 3 is 2.46 bits per heavy atom. The summed E-state index contributed by atoms with van der Waals surface area (Å²) in [6.07, 6.45) is 0.0205. The smallest absolute Gasteiger partial charge is 0.305 e. The van der Waals surface area contributed by atoms with Crippen molar-refractivity contribution in [2.24, 2.45) is 0 Å². The van der Waals surface area contributed by atoms with Gasteiger partial charge in [0.1, 0.15) is 17.0 Å². The van der Waals surface area contributed by atoms with E-state index in [-0.39, 0.29) is 35.4 Å². The number of aromatic amines is 1. The van der Waals surface area contributed by atoms with Crippen molar-refractivity contribution in [2.45, 2.75) is 25.6 Å². The summed E-state index contributed by atoms with van der Waals surface area (Å²) in [5, 5.41) is 37.0. The number of aliphatic hydroxyl groups is 1. The molecule has 3 aromatic carbocycles. The van der Waals surface area contributed by atoms with E-state index in [0.717, 1.165) is 28.9 Å². The highest BCUT2D eigenvalue weighted by molar-refractivity contribution is 7.16. The monoisotopic (exact) mass is 537 g/mol. The minimum atomic E-state index is -0.788. The van der Waals surface area contributed by atoms with Crippen molar-refractivity contribution in [3.05, 3.63) is 92.6 Å². The lowest BCUT2D eigenvalue weighted by molar-refractivity contribution is 0.176. The zero-order valence-electron chi connectivity index (χ0n) is 18.9. The molecule has 1 atom stereocenters. The van der Waals surface area contributed by atoms with Gasteiger partial charge in [-0.25, -0.2) is 0 Å². The molecule has 7 nitrogen and oxygen atoms in total. The normalized spacial score (nSPS) is 11.6. The van der Waals surface area contributed by atoms with Crippen molar-refractivity contribution in [1.82, 2.24) is 15.6 Å². The molecule has 0 spiro atoms. The first kappa shape index (κ1) is 28.6. The lowest BCUT2D eigenvalue weighted by Crippen LogP contribution is -2.24. The van der Waals surface area contributed by atoms with Gasteiger partial charge in [0.05, 0.1) is 10.8 Å². The summed E-state index contributed by atoms with van der Waals surface area (Å²) in [7, 11) is 0. The van der Waals surface area contributed by atoms with E-state index in [2.05, 4.69) is 33.8 Å². The van der Waals surface area contributed by atoms with E-state index in [1.54, 1.807) is 12.1 Å². The number of hydrogen-bond acceptors (Lipinski definition) is 7. The Hall–Kier alpha value is -2.59. The first-order chi connectivity index (χ1) is 16.0. The maximum atomic E-state index is 11.7. The molecule has 6 N–H and O–H groups in total. The Labute approximate surface area is 219 Å². The van der Waals surface area contributed by atoms with Crippen molar-refractivity contribution in [3.8, 4) is 11.5 Å². The summed E-state index contributed by atoms with van der Waals surface area (Å²) in [6, 6.07) is 18.8. The van der Waals surface area contributed by atoms with Crippen LogP contribution in [0.15, 0.2) is 65.5 Å². The van der Waals surface area contributed by atoms with Crippen LogP contribution in [0.2, 0.25) is 0 Å². The molecule has 0 aliphatic carbocycles. The van der Waals surface area contributed by atoms with E-state index in [4.69, 9.17) is 0 Å². The molecule has 0 amide bonds. The summed E-state index contributed by atoms with van der Waals surface area (Å²) in [5.74, 6) is 0.299. The highest BCUT2D eigenvalue weighted by atomic mass is 35.5. The Kier molecular flexibility index (Phi) is 11.0. The molecule has 35 heavy (non-hydrogen) atoms. The third kappa shape index (κ3) is 7.44. The maximum Gasteiger partial charge on any atom is 0.305 e. The Balaban J connectivity index is 0.00000216. The van der Waals surface area contributed by atoms with E-state index in [1.165, 1.54) is 11.6 Å². The minimum absolute atomic E-state index is 0. The fourth-order valence-corrected chi connectivity index (χ4v) is 4.70. The zero-order valence-corrected chi connectivity index (χ0v) is 21.3. The zero-order chi connectivity index (χ0) is 23.2. The summed E-state index contributed by atoms with van der Waals surface area (Å²) in [6.45, 7) is 2.33. The van der Waals surface area contributed by atoms with Crippen LogP contribution in [0.5, 0.6) is 11.5 Å². The topological polar surface area (TPSA) is 118 Å². The van der Waals surface area contributed by atoms with Gasteiger partial charge in [-0.15, -0.1) is 24.8 Å². The molecule has 4 rings (SSSR count). The van der Waals surface area contributed by atoms with Crippen molar-refractivity contribution >= 4 is 46.4 Å². The van der Waals surface area contributed by atoms with Gasteiger partial charge in [0, 0.05) is 30.8 Å². The molecule has 0 saturated heterocycles. The highest BCUT2D eigenvalue weighted by Crippen LogP contribution is 2.31. The Morgan fingerprint density at radius 1 is 0.886 bits per heavy atom. The number of H-pyrrole nitrogens is 1. The third-order valence-electron chi connectivity index (χ3n) is 5.50. The van der Waals surface area contributed by atoms with E-state index >= 15 is 0 Å². The molecule has 0 radical (unpaired) electrons. The summed E-state index contributed by atoms with van der Waals surface area (Å²) in [5.41, 5.74) is 4.21. The Bertz CT molecular complexity index is 1300. The standard InChI is InChI=1S/C25H27N3O4S.2ClH/c29-20-7-2-1-6-18(20)14-27-13-17-5-3-4-16(12-17)10-11-26-15-22(31)19-8-9-21(30)23-24(19)33-25(32)28-23;;/h1-9,12,22,26-27,29-31H,10-11,13-15H2,(H,28,32);2*1H. The van der Waals surface area contributed by atoms with Gasteiger partial charge in [-0.3, -0.25) is 4.79 Å². The summed E-state index contributed by atoms with van der Waals surface area (Å²) >= 11 is 0.986.